The predicted molar refractivity (Wildman–Crippen MR) is 64.1 cm³/mol. The molecule has 4 heteroatoms. The smallest absolute Gasteiger partial charge is 0.237 e. The Bertz CT molecular complexity index is 271. The molecule has 2 fully saturated rings. The summed E-state index contributed by atoms with van der Waals surface area (Å²) in [4.78, 5) is 16.1. The number of carbonyl (C=O) groups is 1. The van der Waals surface area contributed by atoms with E-state index in [1.54, 1.807) is 0 Å². The molecule has 0 radical (unpaired) electrons. The second-order valence-electron chi connectivity index (χ2n) is 5.40. The average Bonchev–Trinajstić information content (AvgIpc) is 2.81. The van der Waals surface area contributed by atoms with Crippen molar-refractivity contribution in [1.29, 1.82) is 0 Å². The van der Waals surface area contributed by atoms with Gasteiger partial charge in [-0.15, -0.1) is 0 Å². The van der Waals surface area contributed by atoms with Crippen LogP contribution in [0, 0.1) is 0 Å². The van der Waals surface area contributed by atoms with E-state index in [9.17, 15) is 4.79 Å². The molecule has 1 aliphatic carbocycles. The van der Waals surface area contributed by atoms with Crippen LogP contribution in [0.1, 0.15) is 32.6 Å². The van der Waals surface area contributed by atoms with Gasteiger partial charge in [0.25, 0.3) is 0 Å². The zero-order valence-corrected chi connectivity index (χ0v) is 10.6. The first-order chi connectivity index (χ1) is 7.55. The maximum Gasteiger partial charge on any atom is 0.237 e. The minimum absolute atomic E-state index is 0.199. The normalized spacial score (nSPS) is 29.4. The summed E-state index contributed by atoms with van der Waals surface area (Å²) in [5, 5.41) is 3.21. The van der Waals surface area contributed by atoms with E-state index in [4.69, 9.17) is 0 Å². The van der Waals surface area contributed by atoms with Gasteiger partial charge in [0.15, 0.2) is 0 Å². The van der Waals surface area contributed by atoms with Crippen LogP contribution in [0.25, 0.3) is 0 Å². The summed E-state index contributed by atoms with van der Waals surface area (Å²) < 4.78 is 0. The molecule has 0 aromatic carbocycles. The van der Waals surface area contributed by atoms with Crippen molar-refractivity contribution in [3.63, 3.8) is 0 Å². The van der Waals surface area contributed by atoms with E-state index in [0.29, 0.717) is 6.54 Å². The van der Waals surface area contributed by atoms with Crippen LogP contribution in [0.5, 0.6) is 0 Å². The lowest BCUT2D eigenvalue weighted by atomic mass is 9.95. The summed E-state index contributed by atoms with van der Waals surface area (Å²) in [6, 6.07) is 0. The molecule has 0 aromatic rings. The van der Waals surface area contributed by atoms with Gasteiger partial charge in [-0.1, -0.05) is 12.8 Å². The van der Waals surface area contributed by atoms with Gasteiger partial charge in [0.05, 0.1) is 12.7 Å². The molecule has 0 spiro atoms. The molecule has 1 saturated heterocycles. The molecule has 4 nitrogen and oxygen atoms in total. The van der Waals surface area contributed by atoms with E-state index in [1.807, 2.05) is 4.90 Å². The zero-order valence-electron chi connectivity index (χ0n) is 10.6. The summed E-state index contributed by atoms with van der Waals surface area (Å²) in [5.74, 6) is 0.251. The summed E-state index contributed by atoms with van der Waals surface area (Å²) in [7, 11) is 4.29. The predicted octanol–water partition coefficient (Wildman–Crippen LogP) is 0.639. The monoisotopic (exact) mass is 225 g/mol. The Balaban J connectivity index is 2.08. The van der Waals surface area contributed by atoms with Crippen LogP contribution < -0.4 is 5.32 Å². The van der Waals surface area contributed by atoms with Gasteiger partial charge in [0.2, 0.25) is 5.91 Å². The largest absolute Gasteiger partial charge is 0.324 e. The van der Waals surface area contributed by atoms with E-state index >= 15 is 0 Å². The van der Waals surface area contributed by atoms with Crippen molar-refractivity contribution in [2.24, 2.45) is 0 Å². The highest BCUT2D eigenvalue weighted by molar-refractivity contribution is 5.80. The van der Waals surface area contributed by atoms with E-state index < -0.39 is 0 Å². The fraction of sp³-hybridized carbons (Fsp3) is 0.917. The number of nitrogens with one attached hydrogen (secondary N) is 1. The van der Waals surface area contributed by atoms with Crippen LogP contribution in [-0.2, 0) is 4.79 Å². The number of nitrogens with zero attached hydrogens (tertiary/aromatic N) is 2. The molecule has 2 aliphatic rings. The first-order valence-corrected chi connectivity index (χ1v) is 6.25. The molecular weight excluding hydrogens is 202 g/mol. The van der Waals surface area contributed by atoms with Gasteiger partial charge in [-0.05, 0) is 33.9 Å². The second-order valence-corrected chi connectivity index (χ2v) is 5.40. The van der Waals surface area contributed by atoms with Gasteiger partial charge in [0.1, 0.15) is 0 Å². The minimum atomic E-state index is 0.199. The van der Waals surface area contributed by atoms with Crippen LogP contribution in [0.2, 0.25) is 0 Å². The SMILES string of the molecule is CC1NCC(=O)N1CC1(N(C)C)CCCC1. The molecule has 2 rings (SSSR count). The molecule has 1 heterocycles. The number of rotatable bonds is 3. The molecule has 0 aromatic heterocycles. The number of carbonyl (C=O) groups excluding carboxylic acids is 1. The zero-order chi connectivity index (χ0) is 11.8. The van der Waals surface area contributed by atoms with Crippen molar-refractivity contribution in [2.45, 2.75) is 44.3 Å². The quantitative estimate of drug-likeness (QED) is 0.765. The van der Waals surface area contributed by atoms with E-state index in [2.05, 4.69) is 31.2 Å². The van der Waals surface area contributed by atoms with Crippen molar-refractivity contribution in [1.82, 2.24) is 15.1 Å². The number of hydrogen-bond donors (Lipinski definition) is 1. The van der Waals surface area contributed by atoms with Gasteiger partial charge in [0, 0.05) is 12.1 Å². The molecule has 1 unspecified atom stereocenters. The average molecular weight is 225 g/mol. The Morgan fingerprint density at radius 2 is 2.06 bits per heavy atom. The van der Waals surface area contributed by atoms with Crippen LogP contribution in [0.3, 0.4) is 0 Å². The Labute approximate surface area is 98.0 Å². The summed E-state index contributed by atoms with van der Waals surface area (Å²) in [6.07, 6.45) is 5.22. The molecule has 16 heavy (non-hydrogen) atoms. The summed E-state index contributed by atoms with van der Waals surface area (Å²) in [6.45, 7) is 3.46. The highest BCUT2D eigenvalue weighted by Crippen LogP contribution is 2.35. The Morgan fingerprint density at radius 3 is 2.50 bits per heavy atom. The molecule has 0 bridgehead atoms. The third-order valence-electron chi connectivity index (χ3n) is 4.28. The number of hydrogen-bond acceptors (Lipinski definition) is 3. The highest BCUT2D eigenvalue weighted by Gasteiger charge is 2.41. The van der Waals surface area contributed by atoms with Crippen molar-refractivity contribution in [2.75, 3.05) is 27.2 Å². The first-order valence-electron chi connectivity index (χ1n) is 6.25. The molecule has 1 N–H and O–H groups in total. The van der Waals surface area contributed by atoms with Crippen molar-refractivity contribution < 1.29 is 4.79 Å². The standard InChI is InChI=1S/C12H23N3O/c1-10-13-8-11(16)15(10)9-12(14(2)3)6-4-5-7-12/h10,13H,4-9H2,1-3H3. The van der Waals surface area contributed by atoms with Crippen LogP contribution >= 0.6 is 0 Å². The fourth-order valence-electron chi connectivity index (χ4n) is 2.98. The Kier molecular flexibility index (Phi) is 3.22. The third-order valence-corrected chi connectivity index (χ3v) is 4.28. The van der Waals surface area contributed by atoms with Crippen molar-refractivity contribution in [3.05, 3.63) is 0 Å². The van der Waals surface area contributed by atoms with Gasteiger partial charge < -0.3 is 9.80 Å². The Hall–Kier alpha value is -0.610. The van der Waals surface area contributed by atoms with Crippen LogP contribution in [0.4, 0.5) is 0 Å². The maximum absolute atomic E-state index is 11.8. The molecule has 1 aliphatic heterocycles. The van der Waals surface area contributed by atoms with E-state index in [0.717, 1.165) is 6.54 Å². The Morgan fingerprint density at radius 1 is 1.44 bits per heavy atom. The molecule has 1 amide bonds. The molecule has 92 valence electrons. The van der Waals surface area contributed by atoms with Gasteiger partial charge in [-0.25, -0.2) is 0 Å². The second kappa shape index (κ2) is 4.34. The molecule has 1 atom stereocenters. The van der Waals surface area contributed by atoms with E-state index in [-0.39, 0.29) is 17.6 Å². The van der Waals surface area contributed by atoms with Gasteiger partial charge >= 0.3 is 0 Å². The van der Waals surface area contributed by atoms with Crippen LogP contribution in [-0.4, -0.2) is 54.6 Å². The van der Waals surface area contributed by atoms with Gasteiger partial charge in [-0.2, -0.15) is 0 Å². The van der Waals surface area contributed by atoms with Crippen molar-refractivity contribution in [3.8, 4) is 0 Å². The van der Waals surface area contributed by atoms with Gasteiger partial charge in [-0.3, -0.25) is 10.1 Å². The molecular formula is C12H23N3O. The summed E-state index contributed by atoms with van der Waals surface area (Å²) >= 11 is 0. The van der Waals surface area contributed by atoms with Crippen LogP contribution in [0.15, 0.2) is 0 Å². The lowest BCUT2D eigenvalue weighted by molar-refractivity contribution is -0.129. The number of likely N-dealkylation sites (N-methyl/N-ethyl adjacent to an activating group) is 1. The topological polar surface area (TPSA) is 35.6 Å². The third kappa shape index (κ3) is 1.96. The minimum Gasteiger partial charge on any atom is -0.324 e. The lowest BCUT2D eigenvalue weighted by Crippen LogP contribution is -2.53. The number of amides is 1. The van der Waals surface area contributed by atoms with Crippen molar-refractivity contribution >= 4 is 5.91 Å². The summed E-state index contributed by atoms with van der Waals surface area (Å²) in [5.41, 5.74) is 0.218. The van der Waals surface area contributed by atoms with E-state index in [1.165, 1.54) is 25.7 Å². The fourth-order valence-corrected chi connectivity index (χ4v) is 2.98. The lowest BCUT2D eigenvalue weighted by Gasteiger charge is -2.40. The first kappa shape index (κ1) is 11.9. The molecule has 1 saturated carbocycles. The highest BCUT2D eigenvalue weighted by atomic mass is 16.2. The maximum atomic E-state index is 11.8.